The van der Waals surface area contributed by atoms with Crippen molar-refractivity contribution >= 4 is 95.6 Å². The van der Waals surface area contributed by atoms with E-state index >= 15 is 0 Å². The average molecular weight is 1350 g/mol. The molecular weight excluding hydrogens is 1300 g/mol. The Morgan fingerprint density at radius 2 is 0.318 bits per heavy atom. The number of rotatable bonds is 6. The Balaban J connectivity index is 1.19. The molecule has 0 amide bonds. The first-order chi connectivity index (χ1) is 31.4. The second-order valence-corrected chi connectivity index (χ2v) is 20.6. The third kappa shape index (κ3) is 11.1. The minimum Gasteiger partial charge on any atom is -0.387 e. The first-order valence-electron chi connectivity index (χ1n) is 20.8. The summed E-state index contributed by atoms with van der Waals surface area (Å²) in [5.74, 6) is 0. The van der Waals surface area contributed by atoms with Crippen LogP contribution < -0.4 is 0 Å². The number of alkyl halides is 6. The van der Waals surface area contributed by atoms with E-state index in [1.807, 2.05) is 0 Å². The Kier molecular flexibility index (Phi) is 20.3. The maximum absolute atomic E-state index is 11.4. The summed E-state index contributed by atoms with van der Waals surface area (Å²) in [5.41, 5.74) is 0. The van der Waals surface area contributed by atoms with E-state index in [0.717, 1.165) is 0 Å². The quantitative estimate of drug-likeness (QED) is 0.111. The number of halogens is 6. The molecule has 30 atom stereocenters. The third-order valence-corrected chi connectivity index (χ3v) is 16.3. The van der Waals surface area contributed by atoms with Crippen molar-refractivity contribution in [2.24, 2.45) is 0 Å². The van der Waals surface area contributed by atoms with Gasteiger partial charge in [0.05, 0.1) is 36.6 Å². The normalized spacial score (nSPS) is 55.4. The fourth-order valence-electron chi connectivity index (χ4n) is 8.79. The van der Waals surface area contributed by atoms with Crippen molar-refractivity contribution < 1.29 is 118 Å². The first-order valence-corrected chi connectivity index (χ1v) is 27.5. The Morgan fingerprint density at radius 1 is 0.197 bits per heavy atom. The molecule has 22 aliphatic heterocycles. The summed E-state index contributed by atoms with van der Waals surface area (Å²) >= 11 is 19.8. The van der Waals surface area contributed by atoms with Crippen LogP contribution in [0.4, 0.5) is 0 Å². The van der Waals surface area contributed by atoms with Crippen LogP contribution in [0.3, 0.4) is 0 Å². The highest BCUT2D eigenvalue weighted by atomic mass is 79.9. The van der Waals surface area contributed by atoms with Gasteiger partial charge in [-0.3, -0.25) is 0 Å². The average Bonchev–Trinajstić information content (AvgIpc) is 3.31. The van der Waals surface area contributed by atoms with Crippen molar-refractivity contribution in [2.45, 2.75) is 184 Å². The molecule has 0 aromatic carbocycles. The van der Waals surface area contributed by atoms with Gasteiger partial charge in [-0.25, -0.2) is 0 Å². The van der Waals surface area contributed by atoms with Crippen LogP contribution in [0.2, 0.25) is 0 Å². The van der Waals surface area contributed by atoms with Crippen LogP contribution in [-0.2, 0) is 56.8 Å². The maximum atomic E-state index is 11.4. The minimum atomic E-state index is -1.90. The predicted molar refractivity (Wildman–Crippen MR) is 236 cm³/mol. The van der Waals surface area contributed by atoms with E-state index in [9.17, 15) is 61.3 Å². The van der Waals surface area contributed by atoms with Gasteiger partial charge in [-0.05, 0) is 0 Å². The van der Waals surface area contributed by atoms with Crippen molar-refractivity contribution in [3.05, 3.63) is 0 Å². The Bertz CT molecular complexity index is 1260. The van der Waals surface area contributed by atoms with E-state index in [0.29, 0.717) is 0 Å². The van der Waals surface area contributed by atoms with Crippen molar-refractivity contribution in [1.29, 1.82) is 0 Å². The van der Waals surface area contributed by atoms with Crippen molar-refractivity contribution in [3.8, 4) is 0 Å². The summed E-state index contributed by atoms with van der Waals surface area (Å²) in [4.78, 5) is 0. The fraction of sp³-hybridized carbons (Fsp3) is 1.00. The van der Waals surface area contributed by atoms with Gasteiger partial charge in [0.25, 0.3) is 0 Å². The third-order valence-electron chi connectivity index (χ3n) is 12.5. The molecule has 22 rings (SSSR count). The van der Waals surface area contributed by atoms with Gasteiger partial charge in [-0.1, -0.05) is 95.6 Å². The van der Waals surface area contributed by atoms with Crippen LogP contribution in [0, 0.1) is 0 Å². The molecule has 22 saturated heterocycles. The molecule has 384 valence electrons. The molecule has 0 saturated carbocycles. The van der Waals surface area contributed by atoms with Crippen molar-refractivity contribution in [2.75, 3.05) is 32.0 Å². The highest BCUT2D eigenvalue weighted by Crippen LogP contribution is 2.39. The Labute approximate surface area is 427 Å². The number of aliphatic hydroxyl groups is 12. The van der Waals surface area contributed by atoms with E-state index < -0.39 is 184 Å². The zero-order chi connectivity index (χ0) is 48.0. The van der Waals surface area contributed by atoms with Gasteiger partial charge in [0.1, 0.15) is 110 Å². The van der Waals surface area contributed by atoms with Gasteiger partial charge in [0, 0.05) is 32.0 Å². The summed E-state index contributed by atoms with van der Waals surface area (Å²) < 4.78 is 71.9. The monoisotopic (exact) mass is 1340 g/mol. The lowest BCUT2D eigenvalue weighted by Gasteiger charge is -2.50. The largest absolute Gasteiger partial charge is 0.387 e. The molecule has 0 aromatic rings. The molecule has 30 heteroatoms. The van der Waals surface area contributed by atoms with Gasteiger partial charge in [0.2, 0.25) is 0 Å². The zero-order valence-corrected chi connectivity index (χ0v) is 43.6. The predicted octanol–water partition coefficient (Wildman–Crippen LogP) is -4.64. The van der Waals surface area contributed by atoms with E-state index in [1.54, 1.807) is 0 Å². The number of hydrogen-bond donors (Lipinski definition) is 12. The highest BCUT2D eigenvalue weighted by molar-refractivity contribution is 9.10. The van der Waals surface area contributed by atoms with Crippen LogP contribution in [0.25, 0.3) is 0 Å². The molecule has 66 heavy (non-hydrogen) atoms. The molecule has 0 aromatic heterocycles. The highest BCUT2D eigenvalue weighted by Gasteiger charge is 2.58. The lowest BCUT2D eigenvalue weighted by atomic mass is 9.95. The van der Waals surface area contributed by atoms with Crippen LogP contribution in [0.1, 0.15) is 0 Å². The summed E-state index contributed by atoms with van der Waals surface area (Å²) in [5, 5.41) is 136. The molecule has 0 spiro atoms. The summed E-state index contributed by atoms with van der Waals surface area (Å²) in [6.07, 6.45) is -48.2. The lowest BCUT2D eigenvalue weighted by Crippen LogP contribution is -2.68. The summed E-state index contributed by atoms with van der Waals surface area (Å²) in [6.45, 7) is 0. The van der Waals surface area contributed by atoms with Crippen LogP contribution >= 0.6 is 95.6 Å². The molecule has 12 unspecified atom stereocenters. The molecule has 22 fully saturated rings. The fourth-order valence-corrected chi connectivity index (χ4v) is 11.9. The maximum Gasteiger partial charge on any atom is 0.187 e. The molecule has 24 nitrogen and oxygen atoms in total. The lowest BCUT2D eigenvalue weighted by molar-refractivity contribution is -0.396. The van der Waals surface area contributed by atoms with Crippen molar-refractivity contribution in [1.82, 2.24) is 0 Å². The molecule has 0 aliphatic carbocycles. The topological polar surface area (TPSA) is 354 Å². The molecule has 22 heterocycles. The van der Waals surface area contributed by atoms with Crippen molar-refractivity contribution in [3.63, 3.8) is 0 Å². The van der Waals surface area contributed by atoms with E-state index in [2.05, 4.69) is 95.6 Å². The van der Waals surface area contributed by atoms with Gasteiger partial charge in [0.15, 0.2) is 37.7 Å². The Morgan fingerprint density at radius 3 is 0.424 bits per heavy atom. The summed E-state index contributed by atoms with van der Waals surface area (Å²) in [7, 11) is 0. The molecule has 0 radical (unpaired) electrons. The van der Waals surface area contributed by atoms with Gasteiger partial charge in [-0.2, -0.15) is 0 Å². The van der Waals surface area contributed by atoms with Gasteiger partial charge in [-0.15, -0.1) is 0 Å². The number of aliphatic hydroxyl groups excluding tert-OH is 12. The summed E-state index contributed by atoms with van der Waals surface area (Å²) in [6, 6.07) is 0. The van der Waals surface area contributed by atoms with Crippen LogP contribution in [-0.4, -0.2) is 277 Å². The molecular formula is C36H54Br6O24. The molecule has 12 bridgehead atoms. The standard InChI is InChI=1S/C36H54Br6O24/c37-1-7-25-13(43)19(49)31(55-7)62-26-8(2-38)57-33(21(51)15(26)45)64-28-10(4-40)59-35(23(53)17(28)47)66-30-12(6-42)60-36(24(54)18(30)48)65-29-11(5-41)58-34(22(52)16(29)46)63-27-9(3-39)56-32(61-25)20(50)14(27)44/h7-36,43-54H,1-6H2/t7?,8?,9?,10?,11?,12?,13?,14?,15?,16?,17?,18?,19-,20-,21-,22-,23-,24-,25+,26+,27+,28+,29+,30+,31+,32+,33+,34+,35+,36+/m0/s1. The van der Waals surface area contributed by atoms with E-state index in [1.165, 1.54) is 0 Å². The van der Waals surface area contributed by atoms with E-state index in [4.69, 9.17) is 56.8 Å². The minimum absolute atomic E-state index is 0.0640. The first kappa shape index (κ1) is 55.7. The van der Waals surface area contributed by atoms with Gasteiger partial charge >= 0.3 is 0 Å². The molecule has 22 aliphatic rings. The van der Waals surface area contributed by atoms with Gasteiger partial charge < -0.3 is 118 Å². The van der Waals surface area contributed by atoms with Crippen LogP contribution in [0.5, 0.6) is 0 Å². The second kappa shape index (κ2) is 24.1. The number of ether oxygens (including phenoxy) is 12. The molecule has 12 N–H and O–H groups in total. The Hall–Kier alpha value is 1.92. The van der Waals surface area contributed by atoms with E-state index in [-0.39, 0.29) is 32.0 Å². The smallest absolute Gasteiger partial charge is 0.187 e. The SMILES string of the molecule is OC1[C@@H]2O[C@H]3OC(CBr)[C@@H](O[C@H]4OC(CBr)[C@@H](O[C@H]5OC(CBr)[C@@H](O[C@H]6OC(CBr)[C@@H](O[C@H]7OC(CBr)[C@@H](O[C@@H](OC2CBr)[C@H]1O)C(O)[C@@H]7O)C(O)[C@@H]6O)C(O)[C@@H]5O)C(O)[C@@H]4O)C(O)[C@@H]3O. The second-order valence-electron chi connectivity index (χ2n) is 16.7. The number of hydrogen-bond acceptors (Lipinski definition) is 24. The van der Waals surface area contributed by atoms with Crippen LogP contribution in [0.15, 0.2) is 0 Å². The zero-order valence-electron chi connectivity index (χ0n) is 34.1.